The molecule has 184 valence electrons. The molecule has 8 nitrogen and oxygen atoms in total. The van der Waals surface area contributed by atoms with Gasteiger partial charge in [-0.1, -0.05) is 30.3 Å². The van der Waals surface area contributed by atoms with Crippen molar-refractivity contribution in [3.05, 3.63) is 59.7 Å². The predicted molar refractivity (Wildman–Crippen MR) is 128 cm³/mol. The second-order valence-corrected chi connectivity index (χ2v) is 10.6. The van der Waals surface area contributed by atoms with Crippen LogP contribution in [0.5, 0.6) is 5.75 Å². The summed E-state index contributed by atoms with van der Waals surface area (Å²) in [5.74, 6) is -0.906. The number of methoxy groups -OCH3 is 1. The summed E-state index contributed by atoms with van der Waals surface area (Å²) in [5.41, 5.74) is 0.850. The molecule has 9 heteroatoms. The second kappa shape index (κ2) is 11.0. The zero-order valence-electron chi connectivity index (χ0n) is 20.1. The molecular weight excluding hydrogens is 456 g/mol. The van der Waals surface area contributed by atoms with Gasteiger partial charge in [0.15, 0.2) is 6.61 Å². The Morgan fingerprint density at radius 2 is 1.71 bits per heavy atom. The van der Waals surface area contributed by atoms with Crippen molar-refractivity contribution in [2.24, 2.45) is 0 Å². The van der Waals surface area contributed by atoms with E-state index < -0.39 is 22.6 Å². The fourth-order valence-electron chi connectivity index (χ4n) is 4.30. The Hall–Kier alpha value is -2.91. The molecule has 0 saturated carbocycles. The number of piperidine rings is 1. The molecule has 0 aromatic heterocycles. The van der Waals surface area contributed by atoms with Gasteiger partial charge in [-0.2, -0.15) is 4.31 Å². The summed E-state index contributed by atoms with van der Waals surface area (Å²) in [4.78, 5) is 27.0. The van der Waals surface area contributed by atoms with Crippen LogP contribution in [0.4, 0.5) is 0 Å². The highest BCUT2D eigenvalue weighted by atomic mass is 32.2. The maximum absolute atomic E-state index is 13.3. The SMILES string of the molecule is COc1ccc(C(=O)OCC(=O)N2C(C)CCCC2C)cc1S(=O)(=O)N(C)Cc1ccccc1. The molecule has 1 saturated heterocycles. The largest absolute Gasteiger partial charge is 0.495 e. The van der Waals surface area contributed by atoms with Gasteiger partial charge in [0.25, 0.3) is 5.91 Å². The van der Waals surface area contributed by atoms with Crippen molar-refractivity contribution in [2.75, 3.05) is 20.8 Å². The van der Waals surface area contributed by atoms with Gasteiger partial charge in [0.1, 0.15) is 10.6 Å². The van der Waals surface area contributed by atoms with Crippen molar-refractivity contribution < 1.29 is 27.5 Å². The van der Waals surface area contributed by atoms with Gasteiger partial charge in [-0.25, -0.2) is 13.2 Å². The van der Waals surface area contributed by atoms with Crippen LogP contribution < -0.4 is 4.74 Å². The van der Waals surface area contributed by atoms with Crippen LogP contribution in [-0.2, 0) is 26.1 Å². The Morgan fingerprint density at radius 3 is 2.32 bits per heavy atom. The van der Waals surface area contributed by atoms with E-state index >= 15 is 0 Å². The Kier molecular flexibility index (Phi) is 8.33. The number of likely N-dealkylation sites (tertiary alicyclic amines) is 1. The number of carbonyl (C=O) groups excluding carboxylic acids is 2. The van der Waals surface area contributed by atoms with Crippen LogP contribution in [0.2, 0.25) is 0 Å². The molecule has 1 fully saturated rings. The fraction of sp³-hybridized carbons (Fsp3) is 0.440. The molecule has 0 N–H and O–H groups in total. The van der Waals surface area contributed by atoms with Gasteiger partial charge < -0.3 is 14.4 Å². The highest BCUT2D eigenvalue weighted by molar-refractivity contribution is 7.89. The zero-order valence-corrected chi connectivity index (χ0v) is 20.9. The van der Waals surface area contributed by atoms with Gasteiger partial charge in [0, 0.05) is 25.7 Å². The van der Waals surface area contributed by atoms with Crippen LogP contribution in [0.15, 0.2) is 53.4 Å². The molecule has 1 aliphatic rings. The molecule has 34 heavy (non-hydrogen) atoms. The lowest BCUT2D eigenvalue weighted by atomic mass is 9.97. The van der Waals surface area contributed by atoms with E-state index in [2.05, 4.69) is 0 Å². The second-order valence-electron chi connectivity index (χ2n) is 8.62. The third-order valence-electron chi connectivity index (χ3n) is 6.14. The fourth-order valence-corrected chi connectivity index (χ4v) is 5.63. The van der Waals surface area contributed by atoms with Crippen LogP contribution in [0.25, 0.3) is 0 Å². The maximum atomic E-state index is 13.3. The lowest BCUT2D eigenvalue weighted by molar-refractivity contribution is -0.140. The molecule has 0 bridgehead atoms. The first kappa shape index (κ1) is 25.7. The van der Waals surface area contributed by atoms with Crippen LogP contribution in [0.1, 0.15) is 49.0 Å². The van der Waals surface area contributed by atoms with Crippen molar-refractivity contribution in [3.8, 4) is 5.75 Å². The predicted octanol–water partition coefficient (Wildman–Crippen LogP) is 3.46. The van der Waals surface area contributed by atoms with E-state index in [1.807, 2.05) is 44.2 Å². The molecule has 1 heterocycles. The minimum Gasteiger partial charge on any atom is -0.495 e. The van der Waals surface area contributed by atoms with Crippen LogP contribution in [-0.4, -0.2) is 62.3 Å². The summed E-state index contributed by atoms with van der Waals surface area (Å²) in [7, 11) is -1.14. The molecule has 2 aromatic rings. The minimum absolute atomic E-state index is 0.0278. The molecular formula is C25H32N2O6S. The molecule has 2 aromatic carbocycles. The molecule has 3 rings (SSSR count). The van der Waals surface area contributed by atoms with E-state index in [1.165, 1.54) is 36.7 Å². The van der Waals surface area contributed by atoms with Crippen LogP contribution in [0.3, 0.4) is 0 Å². The summed E-state index contributed by atoms with van der Waals surface area (Å²) < 4.78 is 38.2. The van der Waals surface area contributed by atoms with Crippen molar-refractivity contribution >= 4 is 21.9 Å². The van der Waals surface area contributed by atoms with Crippen molar-refractivity contribution in [2.45, 2.75) is 56.6 Å². The first-order valence-electron chi connectivity index (χ1n) is 11.3. The summed E-state index contributed by atoms with van der Waals surface area (Å²) in [5, 5.41) is 0. The van der Waals surface area contributed by atoms with Gasteiger partial charge in [-0.3, -0.25) is 4.79 Å². The van der Waals surface area contributed by atoms with Crippen molar-refractivity contribution in [1.82, 2.24) is 9.21 Å². The average Bonchev–Trinajstić information content (AvgIpc) is 2.82. The highest BCUT2D eigenvalue weighted by Gasteiger charge is 2.30. The average molecular weight is 489 g/mol. The van der Waals surface area contributed by atoms with E-state index in [0.717, 1.165) is 24.8 Å². The Morgan fingerprint density at radius 1 is 1.06 bits per heavy atom. The van der Waals surface area contributed by atoms with Gasteiger partial charge in [-0.15, -0.1) is 0 Å². The zero-order chi connectivity index (χ0) is 24.9. The van der Waals surface area contributed by atoms with E-state index in [4.69, 9.17) is 9.47 Å². The number of benzene rings is 2. The normalized spacial score (nSPS) is 18.6. The van der Waals surface area contributed by atoms with Gasteiger partial charge in [0.2, 0.25) is 10.0 Å². The number of hydrogen-bond donors (Lipinski definition) is 0. The molecule has 0 spiro atoms. The standard InChI is InChI=1S/C25H32N2O6S/c1-18-9-8-10-19(2)27(18)24(28)17-33-25(29)21-13-14-22(32-4)23(15-21)34(30,31)26(3)16-20-11-6-5-7-12-20/h5-7,11-15,18-19H,8-10,16-17H2,1-4H3. The van der Waals surface area contributed by atoms with Crippen LogP contribution >= 0.6 is 0 Å². The lowest BCUT2D eigenvalue weighted by Crippen LogP contribution is -2.49. The molecule has 2 atom stereocenters. The minimum atomic E-state index is -3.97. The van der Waals surface area contributed by atoms with E-state index in [0.29, 0.717) is 0 Å². The van der Waals surface area contributed by atoms with E-state index in [9.17, 15) is 18.0 Å². The number of nitrogens with zero attached hydrogens (tertiary/aromatic N) is 2. The molecule has 1 aliphatic heterocycles. The van der Waals surface area contributed by atoms with Gasteiger partial charge in [-0.05, 0) is 56.9 Å². The summed E-state index contributed by atoms with van der Waals surface area (Å²) in [6.45, 7) is 3.74. The first-order valence-corrected chi connectivity index (χ1v) is 12.8. The number of amides is 1. The highest BCUT2D eigenvalue weighted by Crippen LogP contribution is 2.29. The number of rotatable bonds is 8. The van der Waals surface area contributed by atoms with Crippen LogP contribution in [0, 0.1) is 0 Å². The molecule has 1 amide bonds. The quantitative estimate of drug-likeness (QED) is 0.529. The summed E-state index contributed by atoms with van der Waals surface area (Å²) in [6.07, 6.45) is 2.90. The van der Waals surface area contributed by atoms with Crippen molar-refractivity contribution in [1.29, 1.82) is 0 Å². The summed E-state index contributed by atoms with van der Waals surface area (Å²) >= 11 is 0. The number of sulfonamides is 1. The van der Waals surface area contributed by atoms with E-state index in [-0.39, 0.29) is 40.7 Å². The summed E-state index contributed by atoms with van der Waals surface area (Å²) in [6, 6.07) is 13.4. The third kappa shape index (κ3) is 5.77. The van der Waals surface area contributed by atoms with Gasteiger partial charge >= 0.3 is 5.97 Å². The third-order valence-corrected chi connectivity index (χ3v) is 7.97. The number of carbonyl (C=O) groups is 2. The number of ether oxygens (including phenoxy) is 2. The Bertz CT molecular complexity index is 1110. The lowest BCUT2D eigenvalue weighted by Gasteiger charge is -2.38. The number of hydrogen-bond acceptors (Lipinski definition) is 6. The smallest absolute Gasteiger partial charge is 0.338 e. The maximum Gasteiger partial charge on any atom is 0.338 e. The monoisotopic (exact) mass is 488 g/mol. The van der Waals surface area contributed by atoms with Crippen molar-refractivity contribution in [3.63, 3.8) is 0 Å². The molecule has 0 aliphatic carbocycles. The molecule has 2 unspecified atom stereocenters. The van der Waals surface area contributed by atoms with Gasteiger partial charge in [0.05, 0.1) is 12.7 Å². The topological polar surface area (TPSA) is 93.2 Å². The Balaban J connectivity index is 1.76. The first-order chi connectivity index (χ1) is 16.1. The Labute approximate surface area is 201 Å². The molecule has 0 radical (unpaired) electrons. The number of esters is 1. The van der Waals surface area contributed by atoms with E-state index in [1.54, 1.807) is 4.90 Å².